The first-order valence-electron chi connectivity index (χ1n) is 9.51. The van der Waals surface area contributed by atoms with Crippen molar-refractivity contribution in [3.63, 3.8) is 0 Å². The predicted octanol–water partition coefficient (Wildman–Crippen LogP) is 3.69. The highest BCUT2D eigenvalue weighted by atomic mass is 16.6. The first kappa shape index (κ1) is 21.1. The number of hydrogen-bond donors (Lipinski definition) is 0. The van der Waals surface area contributed by atoms with Crippen LogP contribution >= 0.6 is 0 Å². The van der Waals surface area contributed by atoms with E-state index >= 15 is 0 Å². The van der Waals surface area contributed by atoms with Gasteiger partial charge in [-0.1, -0.05) is 0 Å². The number of carbonyl (C=O) groups excluding carboxylic acids is 2. The average molecular weight is 410 g/mol. The zero-order valence-electron chi connectivity index (χ0n) is 17.0. The van der Waals surface area contributed by atoms with Crippen LogP contribution in [0.25, 0.3) is 11.0 Å². The molecule has 1 heterocycles. The van der Waals surface area contributed by atoms with E-state index in [9.17, 15) is 14.4 Å². The lowest BCUT2D eigenvalue weighted by molar-refractivity contribution is -0.148. The summed E-state index contributed by atoms with van der Waals surface area (Å²) in [5, 5.41) is 0.777. The Morgan fingerprint density at radius 2 is 1.70 bits per heavy atom. The molecule has 2 aromatic carbocycles. The Balaban J connectivity index is 1.57. The highest BCUT2D eigenvalue weighted by Gasteiger charge is 2.20. The van der Waals surface area contributed by atoms with Crippen molar-refractivity contribution in [2.45, 2.75) is 26.9 Å². The number of benzene rings is 2. The van der Waals surface area contributed by atoms with Crippen molar-refractivity contribution in [3.05, 3.63) is 70.1 Å². The maximum absolute atomic E-state index is 12.4. The topological polar surface area (TPSA) is 92.0 Å². The highest BCUT2D eigenvalue weighted by Crippen LogP contribution is 2.22. The maximum atomic E-state index is 12.4. The molecule has 1 aromatic heterocycles. The Bertz CT molecular complexity index is 1110. The molecule has 0 saturated heterocycles. The van der Waals surface area contributed by atoms with Crippen molar-refractivity contribution in [2.75, 3.05) is 13.2 Å². The van der Waals surface area contributed by atoms with Gasteiger partial charge in [0.25, 0.3) is 0 Å². The van der Waals surface area contributed by atoms with Crippen LogP contribution in [-0.2, 0) is 9.53 Å². The molecule has 0 saturated carbocycles. The fourth-order valence-electron chi connectivity index (χ4n) is 2.94. The minimum atomic E-state index is -0.962. The van der Waals surface area contributed by atoms with Crippen LogP contribution in [0.3, 0.4) is 0 Å². The van der Waals surface area contributed by atoms with Gasteiger partial charge in [0.1, 0.15) is 17.1 Å². The smallest absolute Gasteiger partial charge is 0.344 e. The lowest BCUT2D eigenvalue weighted by atomic mass is 10.1. The van der Waals surface area contributed by atoms with E-state index in [-0.39, 0.29) is 12.4 Å². The molecule has 30 heavy (non-hydrogen) atoms. The van der Waals surface area contributed by atoms with Crippen LogP contribution < -0.4 is 15.1 Å². The van der Waals surface area contributed by atoms with Crippen LogP contribution in [0, 0.1) is 6.92 Å². The molecule has 0 spiro atoms. The molecular formula is C23H22O7. The van der Waals surface area contributed by atoms with E-state index in [1.54, 1.807) is 43.3 Å². The van der Waals surface area contributed by atoms with E-state index in [2.05, 4.69) is 0 Å². The first-order chi connectivity index (χ1) is 14.4. The van der Waals surface area contributed by atoms with Gasteiger partial charge >= 0.3 is 11.6 Å². The van der Waals surface area contributed by atoms with Gasteiger partial charge in [-0.25, -0.2) is 9.59 Å². The van der Waals surface area contributed by atoms with Gasteiger partial charge in [0, 0.05) is 23.1 Å². The van der Waals surface area contributed by atoms with E-state index in [1.165, 1.54) is 19.1 Å². The molecule has 0 radical (unpaired) electrons. The van der Waals surface area contributed by atoms with E-state index in [4.69, 9.17) is 18.6 Å². The zero-order valence-corrected chi connectivity index (χ0v) is 17.0. The summed E-state index contributed by atoms with van der Waals surface area (Å²) in [7, 11) is 0. The van der Waals surface area contributed by atoms with Crippen molar-refractivity contribution >= 4 is 22.7 Å². The van der Waals surface area contributed by atoms with Gasteiger partial charge in [-0.05, 0) is 62.7 Å². The molecule has 0 unspecified atom stereocenters. The molecule has 156 valence electrons. The van der Waals surface area contributed by atoms with E-state index in [0.717, 1.165) is 10.9 Å². The number of carbonyl (C=O) groups is 2. The number of esters is 1. The Hall–Kier alpha value is -3.61. The SMILES string of the molecule is CCOc1ccc(C(=O)[C@@H](C)OC(=O)COc2ccc3c(C)cc(=O)oc3c2)cc1. The fourth-order valence-corrected chi connectivity index (χ4v) is 2.94. The van der Waals surface area contributed by atoms with Gasteiger partial charge in [-0.15, -0.1) is 0 Å². The van der Waals surface area contributed by atoms with Crippen LogP contribution in [0.4, 0.5) is 0 Å². The van der Waals surface area contributed by atoms with Crippen LogP contribution in [0.1, 0.15) is 29.8 Å². The summed E-state index contributed by atoms with van der Waals surface area (Å²) in [6.07, 6.45) is -0.962. The standard InChI is InChI=1S/C23H22O7/c1-4-27-17-7-5-16(6-8-17)23(26)15(3)29-22(25)13-28-18-9-10-19-14(2)11-21(24)30-20(19)12-18/h5-12,15H,4,13H2,1-3H3/t15-/m1/s1. The number of hydrogen-bond acceptors (Lipinski definition) is 7. The Morgan fingerprint density at radius 3 is 2.40 bits per heavy atom. The highest BCUT2D eigenvalue weighted by molar-refractivity contribution is 6.00. The van der Waals surface area contributed by atoms with Crippen molar-refractivity contribution in [1.29, 1.82) is 0 Å². The van der Waals surface area contributed by atoms with Gasteiger partial charge in [-0.3, -0.25) is 4.79 Å². The van der Waals surface area contributed by atoms with E-state index in [0.29, 0.717) is 29.3 Å². The minimum absolute atomic E-state index is 0.325. The second-order valence-corrected chi connectivity index (χ2v) is 6.65. The molecule has 0 fully saturated rings. The van der Waals surface area contributed by atoms with Crippen molar-refractivity contribution in [2.24, 2.45) is 0 Å². The average Bonchev–Trinajstić information content (AvgIpc) is 2.72. The van der Waals surface area contributed by atoms with Crippen molar-refractivity contribution in [3.8, 4) is 11.5 Å². The summed E-state index contributed by atoms with van der Waals surface area (Å²) in [6, 6.07) is 13.0. The predicted molar refractivity (Wildman–Crippen MR) is 110 cm³/mol. The summed E-state index contributed by atoms with van der Waals surface area (Å²) >= 11 is 0. The lowest BCUT2D eigenvalue weighted by Gasteiger charge is -2.13. The Morgan fingerprint density at radius 1 is 1.00 bits per heavy atom. The largest absolute Gasteiger partial charge is 0.494 e. The van der Waals surface area contributed by atoms with Crippen molar-refractivity contribution in [1.82, 2.24) is 0 Å². The lowest BCUT2D eigenvalue weighted by Crippen LogP contribution is -2.27. The maximum Gasteiger partial charge on any atom is 0.344 e. The third kappa shape index (κ3) is 5.05. The molecule has 7 nitrogen and oxygen atoms in total. The molecule has 0 aliphatic rings. The molecule has 0 amide bonds. The van der Waals surface area contributed by atoms with Gasteiger partial charge in [0.05, 0.1) is 6.61 Å². The Labute approximate surface area is 173 Å². The first-order valence-corrected chi connectivity index (χ1v) is 9.51. The third-order valence-corrected chi connectivity index (χ3v) is 4.41. The molecule has 1 atom stereocenters. The van der Waals surface area contributed by atoms with Gasteiger partial charge in [0.2, 0.25) is 5.78 Å². The summed E-state index contributed by atoms with van der Waals surface area (Å²) in [5.41, 5.74) is 1.11. The van der Waals surface area contributed by atoms with E-state index < -0.39 is 17.7 Å². The molecular weight excluding hydrogens is 388 g/mol. The van der Waals surface area contributed by atoms with Crippen LogP contribution in [-0.4, -0.2) is 31.1 Å². The van der Waals surface area contributed by atoms with Crippen LogP contribution in [0.15, 0.2) is 57.7 Å². The molecule has 0 N–H and O–H groups in total. The Kier molecular flexibility index (Phi) is 6.51. The second-order valence-electron chi connectivity index (χ2n) is 6.65. The number of ketones is 1. The molecule has 0 aliphatic carbocycles. The number of aryl methyl sites for hydroxylation is 1. The van der Waals surface area contributed by atoms with E-state index in [1.807, 2.05) is 6.92 Å². The van der Waals surface area contributed by atoms with Gasteiger partial charge < -0.3 is 18.6 Å². The quantitative estimate of drug-likeness (QED) is 0.318. The second kappa shape index (κ2) is 9.26. The van der Waals surface area contributed by atoms with Gasteiger partial charge in [-0.2, -0.15) is 0 Å². The number of fused-ring (bicyclic) bond motifs is 1. The molecule has 0 bridgehead atoms. The minimum Gasteiger partial charge on any atom is -0.494 e. The fraction of sp³-hybridized carbons (Fsp3) is 0.261. The normalized spacial score (nSPS) is 11.7. The number of ether oxygens (including phenoxy) is 3. The monoisotopic (exact) mass is 410 g/mol. The summed E-state index contributed by atoms with van der Waals surface area (Å²) in [4.78, 5) is 36.0. The molecule has 7 heteroatoms. The van der Waals surface area contributed by atoms with Crippen LogP contribution in [0.2, 0.25) is 0 Å². The summed E-state index contributed by atoms with van der Waals surface area (Å²) in [6.45, 7) is 5.33. The van der Waals surface area contributed by atoms with Gasteiger partial charge in [0.15, 0.2) is 12.7 Å². The number of Topliss-reactive ketones (excluding diaryl/α,β-unsaturated/α-hetero) is 1. The molecule has 0 aliphatic heterocycles. The van der Waals surface area contributed by atoms with Crippen molar-refractivity contribution < 1.29 is 28.2 Å². The molecule has 3 rings (SSSR count). The summed E-state index contributed by atoms with van der Waals surface area (Å²) < 4.78 is 21.1. The molecule has 3 aromatic rings. The zero-order chi connectivity index (χ0) is 21.7. The van der Waals surface area contributed by atoms with Crippen LogP contribution in [0.5, 0.6) is 11.5 Å². The third-order valence-electron chi connectivity index (χ3n) is 4.41. The number of rotatable bonds is 8. The summed E-state index contributed by atoms with van der Waals surface area (Å²) in [5.74, 6) is -0.00543.